The average Bonchev–Trinajstić information content (AvgIpc) is 2.57. The molecule has 0 unspecified atom stereocenters. The van der Waals surface area contributed by atoms with E-state index in [0.717, 1.165) is 14.5 Å². The molecule has 0 aliphatic heterocycles. The summed E-state index contributed by atoms with van der Waals surface area (Å²) in [6.45, 7) is 2.34. The van der Waals surface area contributed by atoms with Gasteiger partial charge in [-0.15, -0.1) is 0 Å². The molecule has 1 amide bonds. The zero-order valence-electron chi connectivity index (χ0n) is 13.2. The van der Waals surface area contributed by atoms with E-state index in [4.69, 9.17) is 9.47 Å². The van der Waals surface area contributed by atoms with Crippen molar-refractivity contribution in [3.8, 4) is 11.5 Å². The van der Waals surface area contributed by atoms with Crippen molar-refractivity contribution in [3.05, 3.63) is 56.5 Å². The first-order valence-corrected chi connectivity index (χ1v) is 8.73. The largest absolute Gasteiger partial charge is 0.496 e. The van der Waals surface area contributed by atoms with E-state index in [-0.39, 0.29) is 5.91 Å². The topological polar surface area (TPSA) is 59.9 Å². The summed E-state index contributed by atoms with van der Waals surface area (Å²) >= 11 is 6.74. The van der Waals surface area contributed by atoms with Crippen molar-refractivity contribution in [2.45, 2.75) is 6.92 Å². The summed E-state index contributed by atoms with van der Waals surface area (Å²) in [4.78, 5) is 12.3. The summed E-state index contributed by atoms with van der Waals surface area (Å²) in [5.74, 6) is 0.812. The second-order valence-corrected chi connectivity index (χ2v) is 6.49. The van der Waals surface area contributed by atoms with E-state index in [2.05, 4.69) is 42.4 Å². The van der Waals surface area contributed by atoms with Crippen molar-refractivity contribution < 1.29 is 14.3 Å². The lowest BCUT2D eigenvalue weighted by Gasteiger charge is -2.09. The number of methoxy groups -OCH3 is 1. The van der Waals surface area contributed by atoms with Crippen molar-refractivity contribution in [2.24, 2.45) is 5.10 Å². The van der Waals surface area contributed by atoms with Gasteiger partial charge in [-0.1, -0.05) is 31.9 Å². The van der Waals surface area contributed by atoms with Gasteiger partial charge in [-0.3, -0.25) is 4.79 Å². The molecule has 0 aliphatic carbocycles. The second kappa shape index (κ2) is 8.84. The van der Waals surface area contributed by atoms with E-state index in [1.807, 2.05) is 31.2 Å². The number of rotatable bonds is 6. The van der Waals surface area contributed by atoms with E-state index >= 15 is 0 Å². The molecule has 0 saturated heterocycles. The quantitative estimate of drug-likeness (QED) is 0.519. The van der Waals surface area contributed by atoms with Crippen molar-refractivity contribution in [1.82, 2.24) is 5.43 Å². The van der Waals surface area contributed by atoms with E-state index in [0.29, 0.717) is 23.7 Å². The Morgan fingerprint density at radius 2 is 1.83 bits per heavy atom. The highest BCUT2D eigenvalue weighted by Crippen LogP contribution is 2.24. The zero-order valence-corrected chi connectivity index (χ0v) is 16.3. The van der Waals surface area contributed by atoms with Gasteiger partial charge in [-0.05, 0) is 43.3 Å². The molecule has 0 bridgehead atoms. The van der Waals surface area contributed by atoms with Gasteiger partial charge in [0.25, 0.3) is 5.91 Å². The Morgan fingerprint density at radius 1 is 1.17 bits per heavy atom. The predicted molar refractivity (Wildman–Crippen MR) is 101 cm³/mol. The van der Waals surface area contributed by atoms with Crippen LogP contribution in [0, 0.1) is 0 Å². The normalized spacial score (nSPS) is 10.7. The molecule has 24 heavy (non-hydrogen) atoms. The van der Waals surface area contributed by atoms with Crippen LogP contribution in [0.1, 0.15) is 22.8 Å². The van der Waals surface area contributed by atoms with Crippen LogP contribution in [-0.2, 0) is 0 Å². The fourth-order valence-corrected chi connectivity index (χ4v) is 2.73. The van der Waals surface area contributed by atoms with Gasteiger partial charge in [0.2, 0.25) is 0 Å². The number of halogens is 2. The molecule has 0 saturated carbocycles. The Hall–Kier alpha value is -1.86. The molecule has 2 rings (SSSR count). The van der Waals surface area contributed by atoms with Crippen LogP contribution in [0.2, 0.25) is 0 Å². The van der Waals surface area contributed by atoms with Gasteiger partial charge < -0.3 is 9.47 Å². The van der Waals surface area contributed by atoms with Crippen LogP contribution >= 0.6 is 31.9 Å². The standard InChI is InChI=1S/C17H16Br2N2O3/c1-3-24-16-7-5-13(19)9-14(16)17(22)21-20-10-11-8-12(18)4-6-15(11)23-2/h4-10H,3H2,1-2H3,(H,21,22). The number of nitrogens with one attached hydrogen (secondary N) is 1. The molecular formula is C17H16Br2N2O3. The number of carbonyl (C=O) groups excluding carboxylic acids is 1. The zero-order chi connectivity index (χ0) is 17.5. The van der Waals surface area contributed by atoms with E-state index < -0.39 is 0 Å². The fraction of sp³-hybridized carbons (Fsp3) is 0.176. The molecule has 126 valence electrons. The summed E-state index contributed by atoms with van der Waals surface area (Å²) in [7, 11) is 1.58. The molecule has 0 fully saturated rings. The monoisotopic (exact) mass is 454 g/mol. The van der Waals surface area contributed by atoms with Crippen molar-refractivity contribution in [1.29, 1.82) is 0 Å². The Labute approximate surface area is 157 Å². The Morgan fingerprint density at radius 3 is 2.50 bits per heavy atom. The second-order valence-electron chi connectivity index (χ2n) is 4.66. The minimum absolute atomic E-state index is 0.357. The van der Waals surface area contributed by atoms with Gasteiger partial charge in [-0.2, -0.15) is 5.10 Å². The molecule has 2 aromatic rings. The third kappa shape index (κ3) is 4.82. The van der Waals surface area contributed by atoms with Gasteiger partial charge in [0.1, 0.15) is 11.5 Å². The van der Waals surface area contributed by atoms with Crippen LogP contribution in [0.3, 0.4) is 0 Å². The van der Waals surface area contributed by atoms with Gasteiger partial charge in [0.05, 0.1) is 25.5 Å². The lowest BCUT2D eigenvalue weighted by molar-refractivity contribution is 0.0951. The van der Waals surface area contributed by atoms with Gasteiger partial charge >= 0.3 is 0 Å². The van der Waals surface area contributed by atoms with Crippen molar-refractivity contribution in [2.75, 3.05) is 13.7 Å². The summed E-state index contributed by atoms with van der Waals surface area (Å²) in [5.41, 5.74) is 3.65. The number of benzene rings is 2. The lowest BCUT2D eigenvalue weighted by Crippen LogP contribution is -2.19. The summed E-state index contributed by atoms with van der Waals surface area (Å²) in [5, 5.41) is 4.00. The highest BCUT2D eigenvalue weighted by Gasteiger charge is 2.12. The first kappa shape index (κ1) is 18.5. The number of amides is 1. The molecule has 2 aromatic carbocycles. The van der Waals surface area contributed by atoms with Crippen LogP contribution in [-0.4, -0.2) is 25.8 Å². The molecule has 0 spiro atoms. The van der Waals surface area contributed by atoms with Gasteiger partial charge in [0, 0.05) is 14.5 Å². The molecule has 5 nitrogen and oxygen atoms in total. The van der Waals surface area contributed by atoms with Crippen LogP contribution in [0.5, 0.6) is 11.5 Å². The third-order valence-electron chi connectivity index (χ3n) is 3.05. The predicted octanol–water partition coefficient (Wildman–Crippen LogP) is 4.38. The Bertz CT molecular complexity index is 763. The number of hydrazone groups is 1. The number of ether oxygens (including phenoxy) is 2. The fourth-order valence-electron chi connectivity index (χ4n) is 1.99. The van der Waals surface area contributed by atoms with Crippen LogP contribution in [0.15, 0.2) is 50.4 Å². The summed E-state index contributed by atoms with van der Waals surface area (Å²) < 4.78 is 12.4. The van der Waals surface area contributed by atoms with Crippen molar-refractivity contribution in [3.63, 3.8) is 0 Å². The first-order chi connectivity index (χ1) is 11.5. The highest BCUT2D eigenvalue weighted by atomic mass is 79.9. The van der Waals surface area contributed by atoms with Crippen LogP contribution < -0.4 is 14.9 Å². The molecule has 0 heterocycles. The van der Waals surface area contributed by atoms with Crippen molar-refractivity contribution >= 4 is 44.0 Å². The van der Waals surface area contributed by atoms with E-state index in [1.165, 1.54) is 6.21 Å². The SMILES string of the molecule is CCOc1ccc(Br)cc1C(=O)NN=Cc1cc(Br)ccc1OC. The highest BCUT2D eigenvalue weighted by molar-refractivity contribution is 9.10. The number of carbonyl (C=O) groups is 1. The van der Waals surface area contributed by atoms with E-state index in [9.17, 15) is 4.79 Å². The number of hydrogen-bond acceptors (Lipinski definition) is 4. The number of hydrogen-bond donors (Lipinski definition) is 1. The maximum absolute atomic E-state index is 12.3. The summed E-state index contributed by atoms with van der Waals surface area (Å²) in [6, 6.07) is 10.8. The van der Waals surface area contributed by atoms with E-state index in [1.54, 1.807) is 19.2 Å². The van der Waals surface area contributed by atoms with Crippen LogP contribution in [0.4, 0.5) is 0 Å². The van der Waals surface area contributed by atoms with Gasteiger partial charge in [0.15, 0.2) is 0 Å². The van der Waals surface area contributed by atoms with Gasteiger partial charge in [-0.25, -0.2) is 5.43 Å². The molecule has 7 heteroatoms. The summed E-state index contributed by atoms with van der Waals surface area (Å²) in [6.07, 6.45) is 1.53. The molecule has 0 aliphatic rings. The Balaban J connectivity index is 2.16. The lowest BCUT2D eigenvalue weighted by atomic mass is 10.2. The smallest absolute Gasteiger partial charge is 0.275 e. The average molecular weight is 456 g/mol. The molecule has 0 radical (unpaired) electrons. The Kier molecular flexibility index (Phi) is 6.81. The maximum Gasteiger partial charge on any atom is 0.275 e. The molecule has 1 N–H and O–H groups in total. The number of nitrogens with zero attached hydrogens (tertiary/aromatic N) is 1. The minimum atomic E-state index is -0.357. The molecule has 0 atom stereocenters. The first-order valence-electron chi connectivity index (χ1n) is 7.14. The maximum atomic E-state index is 12.3. The molecule has 0 aromatic heterocycles. The minimum Gasteiger partial charge on any atom is -0.496 e. The molecular weight excluding hydrogens is 440 g/mol. The van der Waals surface area contributed by atoms with Crippen LogP contribution in [0.25, 0.3) is 0 Å². The third-order valence-corrected chi connectivity index (χ3v) is 4.03.